The molecule has 0 N–H and O–H groups in total. The molecule has 0 aromatic carbocycles. The summed E-state index contributed by atoms with van der Waals surface area (Å²) in [5, 5.41) is 0. The van der Waals surface area contributed by atoms with Crippen molar-refractivity contribution in [2.75, 3.05) is 5.75 Å². The van der Waals surface area contributed by atoms with E-state index in [1.165, 1.54) is 18.5 Å². The first kappa shape index (κ1) is 24.6. The van der Waals surface area contributed by atoms with Gasteiger partial charge >= 0.3 is 12.4 Å². The zero-order chi connectivity index (χ0) is 25.8. The standard InChI is InChI=1S/C21H15F6N5O2S/c1-3-35(33,34)16-6-11(13-7-12(4-5-28-13)20(22,23)24)9-30-18(16)19-31-14-8-17(21(25,26)27)29-10-15(14)32(19)2/h4-10H,3H2,1-2H3. The Morgan fingerprint density at radius 3 is 2.29 bits per heavy atom. The van der Waals surface area contributed by atoms with E-state index in [-0.39, 0.29) is 44.5 Å². The highest BCUT2D eigenvalue weighted by Crippen LogP contribution is 2.35. The minimum Gasteiger partial charge on any atom is -0.324 e. The van der Waals surface area contributed by atoms with Crippen LogP contribution in [-0.4, -0.2) is 38.7 Å². The fourth-order valence-electron chi connectivity index (χ4n) is 3.37. The Morgan fingerprint density at radius 1 is 0.943 bits per heavy atom. The molecule has 0 saturated carbocycles. The number of sulfone groups is 1. The lowest BCUT2D eigenvalue weighted by molar-refractivity contribution is -0.141. The molecule has 0 aliphatic carbocycles. The summed E-state index contributed by atoms with van der Waals surface area (Å²) in [5.74, 6) is -0.429. The van der Waals surface area contributed by atoms with Crippen molar-refractivity contribution in [1.82, 2.24) is 24.5 Å². The highest BCUT2D eigenvalue weighted by Gasteiger charge is 2.34. The molecule has 0 fully saturated rings. The number of nitrogens with zero attached hydrogens (tertiary/aromatic N) is 5. The summed E-state index contributed by atoms with van der Waals surface area (Å²) >= 11 is 0. The highest BCUT2D eigenvalue weighted by molar-refractivity contribution is 7.91. The highest BCUT2D eigenvalue weighted by atomic mass is 32.2. The first-order valence-electron chi connectivity index (χ1n) is 9.89. The van der Waals surface area contributed by atoms with Crippen LogP contribution in [0.5, 0.6) is 0 Å². The second-order valence-electron chi connectivity index (χ2n) is 7.45. The predicted molar refractivity (Wildman–Crippen MR) is 113 cm³/mol. The minimum atomic E-state index is -4.71. The van der Waals surface area contributed by atoms with Gasteiger partial charge in [0.1, 0.15) is 11.4 Å². The Labute approximate surface area is 194 Å². The molecule has 4 heterocycles. The molecule has 0 amide bonds. The van der Waals surface area contributed by atoms with Gasteiger partial charge in [-0.25, -0.2) is 18.4 Å². The number of aryl methyl sites for hydroxylation is 1. The Kier molecular flexibility index (Phi) is 5.82. The summed E-state index contributed by atoms with van der Waals surface area (Å²) in [4.78, 5) is 15.2. The maximum Gasteiger partial charge on any atom is 0.433 e. The second kappa shape index (κ2) is 8.29. The molecule has 4 aromatic rings. The number of rotatable bonds is 4. The molecule has 35 heavy (non-hydrogen) atoms. The van der Waals surface area contributed by atoms with Crippen molar-refractivity contribution in [3.05, 3.63) is 54.1 Å². The van der Waals surface area contributed by atoms with Crippen LogP contribution in [0.3, 0.4) is 0 Å². The molecule has 7 nitrogen and oxygen atoms in total. The lowest BCUT2D eigenvalue weighted by Crippen LogP contribution is -2.09. The van der Waals surface area contributed by atoms with Gasteiger partial charge in [0.15, 0.2) is 15.7 Å². The summed E-state index contributed by atoms with van der Waals surface area (Å²) in [6, 6.07) is 3.40. The van der Waals surface area contributed by atoms with E-state index in [0.717, 1.165) is 42.9 Å². The van der Waals surface area contributed by atoms with Crippen molar-refractivity contribution in [2.24, 2.45) is 7.05 Å². The zero-order valence-corrected chi connectivity index (χ0v) is 18.8. The summed E-state index contributed by atoms with van der Waals surface area (Å²) < 4.78 is 106. The topological polar surface area (TPSA) is 90.6 Å². The zero-order valence-electron chi connectivity index (χ0n) is 18.0. The van der Waals surface area contributed by atoms with Gasteiger partial charge in [0.2, 0.25) is 0 Å². The van der Waals surface area contributed by atoms with E-state index in [0.29, 0.717) is 0 Å². The van der Waals surface area contributed by atoms with Crippen molar-refractivity contribution in [3.63, 3.8) is 0 Å². The van der Waals surface area contributed by atoms with E-state index in [1.54, 1.807) is 0 Å². The van der Waals surface area contributed by atoms with Gasteiger partial charge in [-0.15, -0.1) is 0 Å². The predicted octanol–water partition coefficient (Wildman–Crippen LogP) is 4.92. The number of fused-ring (bicyclic) bond motifs is 1. The molecule has 0 bridgehead atoms. The van der Waals surface area contributed by atoms with Crippen molar-refractivity contribution in [3.8, 4) is 22.8 Å². The van der Waals surface area contributed by atoms with Crippen LogP contribution in [0.1, 0.15) is 18.2 Å². The van der Waals surface area contributed by atoms with Gasteiger partial charge in [-0.05, 0) is 24.3 Å². The fourth-order valence-corrected chi connectivity index (χ4v) is 4.42. The summed E-state index contributed by atoms with van der Waals surface area (Å²) in [5.41, 5.74) is -2.37. The summed E-state index contributed by atoms with van der Waals surface area (Å²) in [6.45, 7) is 1.36. The molecule has 4 aromatic heterocycles. The maximum atomic E-state index is 13.1. The largest absolute Gasteiger partial charge is 0.433 e. The lowest BCUT2D eigenvalue weighted by Gasteiger charge is -2.12. The van der Waals surface area contributed by atoms with E-state index < -0.39 is 33.4 Å². The molecule has 0 saturated heterocycles. The van der Waals surface area contributed by atoms with Crippen LogP contribution in [0.25, 0.3) is 33.8 Å². The molecule has 184 valence electrons. The normalized spacial score (nSPS) is 12.9. The van der Waals surface area contributed by atoms with E-state index in [4.69, 9.17) is 0 Å². The van der Waals surface area contributed by atoms with Gasteiger partial charge in [0.05, 0.1) is 39.1 Å². The molecule has 0 radical (unpaired) electrons. The van der Waals surface area contributed by atoms with Crippen molar-refractivity contribution >= 4 is 20.9 Å². The number of aromatic nitrogens is 5. The molecule has 0 unspecified atom stereocenters. The van der Waals surface area contributed by atoms with Gasteiger partial charge in [-0.2, -0.15) is 26.3 Å². The van der Waals surface area contributed by atoms with E-state index in [2.05, 4.69) is 19.9 Å². The Morgan fingerprint density at radius 2 is 1.66 bits per heavy atom. The molecule has 0 spiro atoms. The molecule has 0 atom stereocenters. The van der Waals surface area contributed by atoms with Gasteiger partial charge in [0, 0.05) is 25.0 Å². The third-order valence-electron chi connectivity index (χ3n) is 5.22. The SMILES string of the molecule is CCS(=O)(=O)c1cc(-c2cc(C(F)(F)F)ccn2)cnc1-c1nc2cc(C(F)(F)F)ncc2n1C. The third kappa shape index (κ3) is 4.57. The lowest BCUT2D eigenvalue weighted by atomic mass is 10.1. The van der Waals surface area contributed by atoms with Crippen LogP contribution in [0, 0.1) is 0 Å². The van der Waals surface area contributed by atoms with E-state index in [9.17, 15) is 34.8 Å². The van der Waals surface area contributed by atoms with Gasteiger partial charge < -0.3 is 4.57 Å². The second-order valence-corrected chi connectivity index (χ2v) is 9.70. The maximum absolute atomic E-state index is 13.1. The van der Waals surface area contributed by atoms with Crippen LogP contribution in [0.2, 0.25) is 0 Å². The summed E-state index contributed by atoms with van der Waals surface area (Å²) in [6.07, 6.45) is -6.31. The van der Waals surface area contributed by atoms with Gasteiger partial charge in [0.25, 0.3) is 0 Å². The monoisotopic (exact) mass is 515 g/mol. The number of hydrogen-bond acceptors (Lipinski definition) is 6. The van der Waals surface area contributed by atoms with Crippen LogP contribution < -0.4 is 0 Å². The van der Waals surface area contributed by atoms with Crippen LogP contribution in [0.15, 0.2) is 47.8 Å². The fraction of sp³-hybridized carbons (Fsp3) is 0.238. The van der Waals surface area contributed by atoms with Gasteiger partial charge in [-0.3, -0.25) is 9.97 Å². The molecule has 0 aliphatic heterocycles. The smallest absolute Gasteiger partial charge is 0.324 e. The minimum absolute atomic E-state index is 0.00617. The van der Waals surface area contributed by atoms with Crippen LogP contribution in [0.4, 0.5) is 26.3 Å². The molecular weight excluding hydrogens is 500 g/mol. The van der Waals surface area contributed by atoms with Gasteiger partial charge in [-0.1, -0.05) is 6.92 Å². The third-order valence-corrected chi connectivity index (χ3v) is 6.96. The van der Waals surface area contributed by atoms with E-state index in [1.807, 2.05) is 0 Å². The molecule has 14 heteroatoms. The first-order valence-corrected chi connectivity index (χ1v) is 11.5. The molecule has 4 rings (SSSR count). The average molecular weight is 515 g/mol. The number of pyridine rings is 3. The number of hydrogen-bond donors (Lipinski definition) is 0. The number of halogens is 6. The van der Waals surface area contributed by atoms with Crippen LogP contribution >= 0.6 is 0 Å². The molecular formula is C21H15F6N5O2S. The van der Waals surface area contributed by atoms with Crippen LogP contribution in [-0.2, 0) is 29.2 Å². The first-order chi connectivity index (χ1) is 16.2. The van der Waals surface area contributed by atoms with Crippen molar-refractivity contribution in [2.45, 2.75) is 24.2 Å². The molecule has 0 aliphatic rings. The Bertz CT molecular complexity index is 1540. The summed E-state index contributed by atoms with van der Waals surface area (Å²) in [7, 11) is -2.54. The number of imidazole rings is 1. The number of alkyl halides is 6. The van der Waals surface area contributed by atoms with Crippen molar-refractivity contribution in [1.29, 1.82) is 0 Å². The quantitative estimate of drug-likeness (QED) is 0.359. The van der Waals surface area contributed by atoms with E-state index >= 15 is 0 Å². The van der Waals surface area contributed by atoms with Crippen molar-refractivity contribution < 1.29 is 34.8 Å². The Hall–Kier alpha value is -3.55. The Balaban J connectivity index is 1.92. The average Bonchev–Trinajstić information content (AvgIpc) is 3.13.